The van der Waals surface area contributed by atoms with Crippen LogP contribution in [0.5, 0.6) is 0 Å². The zero-order valence-corrected chi connectivity index (χ0v) is 11.9. The van der Waals surface area contributed by atoms with Gasteiger partial charge in [-0.15, -0.1) is 0 Å². The van der Waals surface area contributed by atoms with Crippen molar-refractivity contribution in [2.75, 3.05) is 6.61 Å². The normalized spacial score (nSPS) is 42.4. The number of fused-ring (bicyclic) bond motifs is 1. The first kappa shape index (κ1) is 15.0. The molecule has 5 atom stereocenters. The van der Waals surface area contributed by atoms with E-state index in [1.807, 2.05) is 13.8 Å². The predicted octanol–water partition coefficient (Wildman–Crippen LogP) is 3.22. The van der Waals surface area contributed by atoms with Crippen molar-refractivity contribution in [2.45, 2.75) is 65.9 Å². The molecule has 0 heterocycles. The Balaban J connectivity index is 0.000000686. The van der Waals surface area contributed by atoms with Crippen molar-refractivity contribution in [1.29, 1.82) is 0 Å². The molecule has 0 spiro atoms. The molecule has 102 valence electrons. The molecule has 4 unspecified atom stereocenters. The lowest BCUT2D eigenvalue weighted by Crippen LogP contribution is -2.41. The monoisotopic (exact) mass is 242 g/mol. The highest BCUT2D eigenvalue weighted by atomic mass is 16.3. The van der Waals surface area contributed by atoms with Crippen LogP contribution in [-0.2, 0) is 0 Å². The summed E-state index contributed by atoms with van der Waals surface area (Å²) < 4.78 is 0. The molecule has 2 nitrogen and oxygen atoms in total. The molecule has 0 amide bonds. The van der Waals surface area contributed by atoms with Crippen molar-refractivity contribution < 1.29 is 10.2 Å². The highest BCUT2D eigenvalue weighted by molar-refractivity contribution is 5.01. The highest BCUT2D eigenvalue weighted by Gasteiger charge is 2.51. The van der Waals surface area contributed by atoms with Gasteiger partial charge in [0.15, 0.2) is 0 Å². The van der Waals surface area contributed by atoms with E-state index in [4.69, 9.17) is 0 Å². The average Bonchev–Trinajstić information content (AvgIpc) is 2.69. The minimum Gasteiger partial charge on any atom is -0.396 e. The maximum Gasteiger partial charge on any atom is 0.0573 e. The van der Waals surface area contributed by atoms with E-state index >= 15 is 0 Å². The lowest BCUT2D eigenvalue weighted by molar-refractivity contribution is -0.0321. The summed E-state index contributed by atoms with van der Waals surface area (Å²) in [6.45, 7) is 8.78. The molecule has 2 rings (SSSR count). The Morgan fingerprint density at radius 1 is 1.24 bits per heavy atom. The first-order valence-corrected chi connectivity index (χ1v) is 7.38. The quantitative estimate of drug-likeness (QED) is 0.780. The zero-order valence-electron chi connectivity index (χ0n) is 11.9. The first-order chi connectivity index (χ1) is 8.09. The van der Waals surface area contributed by atoms with Crippen molar-refractivity contribution in [3.05, 3.63) is 0 Å². The third kappa shape index (κ3) is 2.68. The molecule has 2 aliphatic carbocycles. The fourth-order valence-corrected chi connectivity index (χ4v) is 4.25. The molecule has 0 radical (unpaired) electrons. The smallest absolute Gasteiger partial charge is 0.0573 e. The third-order valence-corrected chi connectivity index (χ3v) is 5.14. The summed E-state index contributed by atoms with van der Waals surface area (Å²) >= 11 is 0. The van der Waals surface area contributed by atoms with E-state index in [2.05, 4.69) is 13.8 Å². The molecular formula is C15H30O2. The summed E-state index contributed by atoms with van der Waals surface area (Å²) in [6, 6.07) is 0. The lowest BCUT2D eigenvalue weighted by atomic mass is 9.62. The van der Waals surface area contributed by atoms with Gasteiger partial charge in [0.05, 0.1) is 6.10 Å². The van der Waals surface area contributed by atoms with Gasteiger partial charge >= 0.3 is 0 Å². The van der Waals surface area contributed by atoms with E-state index in [-0.39, 0.29) is 6.10 Å². The second-order valence-corrected chi connectivity index (χ2v) is 5.92. The van der Waals surface area contributed by atoms with Crippen LogP contribution >= 0.6 is 0 Å². The summed E-state index contributed by atoms with van der Waals surface area (Å²) in [5, 5.41) is 19.4. The maximum absolute atomic E-state index is 10.1. The zero-order chi connectivity index (χ0) is 13.1. The summed E-state index contributed by atoms with van der Waals surface area (Å²) in [5.74, 6) is 1.50. The molecule has 0 aromatic carbocycles. The average molecular weight is 242 g/mol. The number of hydrogen-bond acceptors (Lipinski definition) is 2. The highest BCUT2D eigenvalue weighted by Crippen LogP contribution is 2.57. The third-order valence-electron chi connectivity index (χ3n) is 5.14. The molecule has 2 fully saturated rings. The van der Waals surface area contributed by atoms with Crippen LogP contribution < -0.4 is 0 Å². The van der Waals surface area contributed by atoms with Gasteiger partial charge in [0.25, 0.3) is 0 Å². The van der Waals surface area contributed by atoms with Crippen LogP contribution in [-0.4, -0.2) is 22.9 Å². The Morgan fingerprint density at radius 3 is 2.47 bits per heavy atom. The van der Waals surface area contributed by atoms with E-state index in [1.165, 1.54) is 12.8 Å². The van der Waals surface area contributed by atoms with Crippen molar-refractivity contribution in [2.24, 2.45) is 23.2 Å². The van der Waals surface area contributed by atoms with Gasteiger partial charge in [0.1, 0.15) is 0 Å². The molecule has 17 heavy (non-hydrogen) atoms. The van der Waals surface area contributed by atoms with Gasteiger partial charge in [-0.2, -0.15) is 0 Å². The summed E-state index contributed by atoms with van der Waals surface area (Å²) in [5.41, 5.74) is 0.291. The Kier molecular flexibility index (Phi) is 5.46. The molecule has 2 heteroatoms. The molecular weight excluding hydrogens is 212 g/mol. The van der Waals surface area contributed by atoms with Crippen molar-refractivity contribution in [1.82, 2.24) is 0 Å². The van der Waals surface area contributed by atoms with Crippen molar-refractivity contribution >= 4 is 0 Å². The molecule has 0 aliphatic heterocycles. The fraction of sp³-hybridized carbons (Fsp3) is 1.00. The van der Waals surface area contributed by atoms with Gasteiger partial charge in [-0.3, -0.25) is 0 Å². The number of hydrogen-bond donors (Lipinski definition) is 2. The Morgan fingerprint density at radius 2 is 1.88 bits per heavy atom. The number of aliphatic hydroxyl groups is 2. The SMILES string of the molecule is CC.C[C@H](CO)C1CCC2C(O)CCCC21C. The second kappa shape index (κ2) is 6.19. The van der Waals surface area contributed by atoms with Crippen LogP contribution in [0.4, 0.5) is 0 Å². The minimum atomic E-state index is -0.0837. The van der Waals surface area contributed by atoms with Gasteiger partial charge in [-0.1, -0.05) is 34.1 Å². The second-order valence-electron chi connectivity index (χ2n) is 5.92. The van der Waals surface area contributed by atoms with E-state index < -0.39 is 0 Å². The topological polar surface area (TPSA) is 40.5 Å². The molecule has 0 saturated heterocycles. The predicted molar refractivity (Wildman–Crippen MR) is 71.8 cm³/mol. The van der Waals surface area contributed by atoms with E-state index in [0.717, 1.165) is 19.3 Å². The Bertz CT molecular complexity index is 229. The molecule has 0 aromatic rings. The van der Waals surface area contributed by atoms with Gasteiger partial charge in [0, 0.05) is 6.61 Å². The molecule has 0 aromatic heterocycles. The number of aliphatic hydroxyl groups excluding tert-OH is 2. The first-order valence-electron chi connectivity index (χ1n) is 7.38. The minimum absolute atomic E-state index is 0.0837. The van der Waals surface area contributed by atoms with Crippen LogP contribution in [0, 0.1) is 23.2 Å². The van der Waals surface area contributed by atoms with Crippen LogP contribution in [0.15, 0.2) is 0 Å². The van der Waals surface area contributed by atoms with Crippen LogP contribution in [0.25, 0.3) is 0 Å². The van der Waals surface area contributed by atoms with Crippen LogP contribution in [0.2, 0.25) is 0 Å². The van der Waals surface area contributed by atoms with Crippen molar-refractivity contribution in [3.63, 3.8) is 0 Å². The largest absolute Gasteiger partial charge is 0.396 e. The van der Waals surface area contributed by atoms with E-state index in [0.29, 0.717) is 29.8 Å². The van der Waals surface area contributed by atoms with Crippen LogP contribution in [0.3, 0.4) is 0 Å². The summed E-state index contributed by atoms with van der Waals surface area (Å²) in [7, 11) is 0. The molecule has 2 aliphatic rings. The maximum atomic E-state index is 10.1. The standard InChI is InChI=1S/C13H24O2.C2H6/c1-9(8-14)10-5-6-11-12(15)4-3-7-13(10,11)2;1-2/h9-12,14-15H,3-8H2,1-2H3;1-2H3/t9-,10?,11?,12?,13?;/m1./s1. The Hall–Kier alpha value is -0.0800. The van der Waals surface area contributed by atoms with E-state index in [9.17, 15) is 10.2 Å². The lowest BCUT2D eigenvalue weighted by Gasteiger charge is -2.45. The number of rotatable bonds is 2. The van der Waals surface area contributed by atoms with Gasteiger partial charge in [-0.05, 0) is 48.9 Å². The molecule has 2 N–H and O–H groups in total. The van der Waals surface area contributed by atoms with Gasteiger partial charge in [-0.25, -0.2) is 0 Å². The Labute approximate surface area is 106 Å². The van der Waals surface area contributed by atoms with Crippen LogP contribution in [0.1, 0.15) is 59.8 Å². The van der Waals surface area contributed by atoms with Crippen molar-refractivity contribution in [3.8, 4) is 0 Å². The van der Waals surface area contributed by atoms with Gasteiger partial charge in [0.2, 0.25) is 0 Å². The summed E-state index contributed by atoms with van der Waals surface area (Å²) in [6.07, 6.45) is 5.65. The molecule has 0 bridgehead atoms. The molecule has 2 saturated carbocycles. The van der Waals surface area contributed by atoms with Gasteiger partial charge < -0.3 is 10.2 Å². The summed E-state index contributed by atoms with van der Waals surface area (Å²) in [4.78, 5) is 0. The fourth-order valence-electron chi connectivity index (χ4n) is 4.25. The van der Waals surface area contributed by atoms with E-state index in [1.54, 1.807) is 0 Å².